The highest BCUT2D eigenvalue weighted by atomic mass is 35.5. The average Bonchev–Trinajstić information content (AvgIpc) is 3.17. The Hall–Kier alpha value is -3.06. The van der Waals surface area contributed by atoms with Gasteiger partial charge in [-0.2, -0.15) is 23.0 Å². The first-order valence-corrected chi connectivity index (χ1v) is 10.7. The van der Waals surface area contributed by atoms with Gasteiger partial charge in [0.2, 0.25) is 5.88 Å². The van der Waals surface area contributed by atoms with Crippen LogP contribution in [0.2, 0.25) is 5.02 Å². The van der Waals surface area contributed by atoms with E-state index >= 15 is 0 Å². The molecule has 2 aromatic heterocycles. The lowest BCUT2D eigenvalue weighted by Crippen LogP contribution is -2.06. The molecule has 0 bridgehead atoms. The van der Waals surface area contributed by atoms with Crippen LogP contribution in [0, 0.1) is 0 Å². The topological polar surface area (TPSA) is 39.9 Å². The number of nitrogens with zero attached hydrogens (tertiary/aromatic N) is 3. The zero-order valence-corrected chi connectivity index (χ0v) is 17.7. The van der Waals surface area contributed by atoms with Crippen molar-refractivity contribution in [2.75, 3.05) is 0 Å². The lowest BCUT2D eigenvalue weighted by molar-refractivity contribution is -0.137. The first kappa shape index (κ1) is 20.8. The summed E-state index contributed by atoms with van der Waals surface area (Å²) in [7, 11) is 0. The van der Waals surface area contributed by atoms with Crippen molar-refractivity contribution in [2.24, 2.45) is 0 Å². The molecule has 5 rings (SSSR count). The number of ether oxygens (including phenoxy) is 1. The van der Waals surface area contributed by atoms with Gasteiger partial charge in [-0.05, 0) is 67.6 Å². The summed E-state index contributed by atoms with van der Waals surface area (Å²) < 4.78 is 46.4. The molecule has 0 unspecified atom stereocenters. The van der Waals surface area contributed by atoms with Crippen LogP contribution in [0.3, 0.4) is 0 Å². The lowest BCUT2D eigenvalue weighted by Gasteiger charge is -2.14. The van der Waals surface area contributed by atoms with Crippen molar-refractivity contribution in [2.45, 2.75) is 38.5 Å². The summed E-state index contributed by atoms with van der Waals surface area (Å²) in [4.78, 5) is 4.64. The molecule has 4 aromatic rings. The number of pyridine rings is 1. The molecule has 2 aromatic carbocycles. The second-order valence-corrected chi connectivity index (χ2v) is 8.27. The van der Waals surface area contributed by atoms with E-state index in [9.17, 15) is 13.2 Å². The van der Waals surface area contributed by atoms with Crippen molar-refractivity contribution in [3.63, 3.8) is 0 Å². The van der Waals surface area contributed by atoms with Gasteiger partial charge in [-0.25, -0.2) is 0 Å². The van der Waals surface area contributed by atoms with Crippen molar-refractivity contribution in [1.82, 2.24) is 14.8 Å². The normalized spacial score (nSPS) is 13.9. The van der Waals surface area contributed by atoms with E-state index < -0.39 is 11.7 Å². The third-order valence-electron chi connectivity index (χ3n) is 5.68. The highest BCUT2D eigenvalue weighted by Gasteiger charge is 2.30. The third-order valence-corrected chi connectivity index (χ3v) is 5.93. The van der Waals surface area contributed by atoms with Crippen LogP contribution in [0.15, 0.2) is 54.7 Å². The zero-order chi connectivity index (χ0) is 22.3. The largest absolute Gasteiger partial charge is 0.472 e. The highest BCUT2D eigenvalue weighted by Crippen LogP contribution is 2.35. The molecular formula is C24H19ClF3N3O. The number of aromatic nitrogens is 3. The Kier molecular flexibility index (Phi) is 5.29. The van der Waals surface area contributed by atoms with Crippen molar-refractivity contribution in [3.05, 3.63) is 82.1 Å². The second kappa shape index (κ2) is 8.13. The molecule has 0 fully saturated rings. The quantitative estimate of drug-likeness (QED) is 0.349. The standard InChI is InChI=1S/C24H19ClF3N3O/c25-17-9-11-18(12-10-17)31-23(32-14-15-5-7-16(8-6-15)24(26,27)28)20-13-29-21-4-2-1-3-19(21)22(20)30-31/h5-13H,1-4,14H2. The molecular weight excluding hydrogens is 439 g/mol. The zero-order valence-electron chi connectivity index (χ0n) is 17.0. The number of fused-ring (bicyclic) bond motifs is 3. The molecule has 164 valence electrons. The summed E-state index contributed by atoms with van der Waals surface area (Å²) in [6, 6.07) is 12.2. The van der Waals surface area contributed by atoms with E-state index in [4.69, 9.17) is 21.4 Å². The number of benzene rings is 2. The van der Waals surface area contributed by atoms with Gasteiger partial charge in [0.25, 0.3) is 0 Å². The molecule has 0 radical (unpaired) electrons. The van der Waals surface area contributed by atoms with Gasteiger partial charge in [0, 0.05) is 22.5 Å². The molecule has 4 nitrogen and oxygen atoms in total. The van der Waals surface area contributed by atoms with Crippen molar-refractivity contribution in [1.29, 1.82) is 0 Å². The Labute approximate surface area is 187 Å². The van der Waals surface area contributed by atoms with E-state index in [1.807, 2.05) is 12.1 Å². The summed E-state index contributed by atoms with van der Waals surface area (Å²) >= 11 is 6.05. The average molecular weight is 458 g/mol. The molecule has 8 heteroatoms. The maximum Gasteiger partial charge on any atom is 0.416 e. The summed E-state index contributed by atoms with van der Waals surface area (Å²) in [6.45, 7) is 0.101. The number of aryl methyl sites for hydroxylation is 2. The van der Waals surface area contributed by atoms with Crippen LogP contribution in [0.4, 0.5) is 13.2 Å². The summed E-state index contributed by atoms with van der Waals surface area (Å²) in [6.07, 6.45) is 1.45. The predicted molar refractivity (Wildman–Crippen MR) is 116 cm³/mol. The fraction of sp³-hybridized carbons (Fsp3) is 0.250. The fourth-order valence-corrected chi connectivity index (χ4v) is 4.15. The Morgan fingerprint density at radius 3 is 2.41 bits per heavy atom. The molecule has 0 N–H and O–H groups in total. The van der Waals surface area contributed by atoms with Gasteiger partial charge in [-0.15, -0.1) is 0 Å². The van der Waals surface area contributed by atoms with Gasteiger partial charge in [-0.3, -0.25) is 4.98 Å². The fourth-order valence-electron chi connectivity index (χ4n) is 4.02. The minimum atomic E-state index is -4.37. The summed E-state index contributed by atoms with van der Waals surface area (Å²) in [5.74, 6) is 0.503. The first-order valence-electron chi connectivity index (χ1n) is 10.3. The third kappa shape index (κ3) is 3.93. The van der Waals surface area contributed by atoms with Gasteiger partial charge in [0.15, 0.2) is 0 Å². The predicted octanol–water partition coefficient (Wildman–Crippen LogP) is 6.55. The summed E-state index contributed by atoms with van der Waals surface area (Å²) in [5.41, 5.74) is 3.78. The molecule has 0 atom stereocenters. The summed E-state index contributed by atoms with van der Waals surface area (Å²) in [5, 5.41) is 6.24. The van der Waals surface area contributed by atoms with Crippen LogP contribution in [0.25, 0.3) is 16.6 Å². The van der Waals surface area contributed by atoms with Crippen LogP contribution in [0.5, 0.6) is 5.88 Å². The Balaban J connectivity index is 1.54. The molecule has 0 amide bonds. The molecule has 0 saturated heterocycles. The molecule has 0 aliphatic heterocycles. The van der Waals surface area contributed by atoms with E-state index in [1.165, 1.54) is 12.1 Å². The molecule has 2 heterocycles. The molecule has 0 spiro atoms. The van der Waals surface area contributed by atoms with Crippen molar-refractivity contribution in [3.8, 4) is 11.6 Å². The van der Waals surface area contributed by atoms with Gasteiger partial charge >= 0.3 is 6.18 Å². The van der Waals surface area contributed by atoms with E-state index in [0.717, 1.165) is 65.7 Å². The number of hydrogen-bond donors (Lipinski definition) is 0. The van der Waals surface area contributed by atoms with Crippen LogP contribution in [-0.2, 0) is 25.6 Å². The number of halogens is 4. The van der Waals surface area contributed by atoms with E-state index in [2.05, 4.69) is 4.98 Å². The first-order chi connectivity index (χ1) is 15.4. The van der Waals surface area contributed by atoms with E-state index in [0.29, 0.717) is 16.5 Å². The number of hydrogen-bond acceptors (Lipinski definition) is 3. The van der Waals surface area contributed by atoms with E-state index in [-0.39, 0.29) is 6.61 Å². The maximum absolute atomic E-state index is 12.9. The molecule has 1 aliphatic rings. The van der Waals surface area contributed by atoms with Gasteiger partial charge in [-0.1, -0.05) is 23.7 Å². The van der Waals surface area contributed by atoms with Crippen LogP contribution in [-0.4, -0.2) is 14.8 Å². The Bertz CT molecular complexity index is 1270. The Morgan fingerprint density at radius 1 is 0.969 bits per heavy atom. The molecule has 1 aliphatic carbocycles. The monoisotopic (exact) mass is 457 g/mol. The van der Waals surface area contributed by atoms with Gasteiger partial charge in [0.1, 0.15) is 12.1 Å². The smallest absolute Gasteiger partial charge is 0.416 e. The molecule has 32 heavy (non-hydrogen) atoms. The number of rotatable bonds is 4. The van der Waals surface area contributed by atoms with Gasteiger partial charge < -0.3 is 4.74 Å². The highest BCUT2D eigenvalue weighted by molar-refractivity contribution is 6.30. The minimum absolute atomic E-state index is 0.101. The van der Waals surface area contributed by atoms with Crippen LogP contribution < -0.4 is 4.74 Å². The van der Waals surface area contributed by atoms with E-state index in [1.54, 1.807) is 23.0 Å². The minimum Gasteiger partial charge on any atom is -0.472 e. The number of alkyl halides is 3. The van der Waals surface area contributed by atoms with Crippen LogP contribution in [0.1, 0.15) is 35.2 Å². The Morgan fingerprint density at radius 2 is 1.69 bits per heavy atom. The maximum atomic E-state index is 12.9. The lowest BCUT2D eigenvalue weighted by atomic mass is 9.95. The second-order valence-electron chi connectivity index (χ2n) is 7.83. The van der Waals surface area contributed by atoms with Crippen LogP contribution >= 0.6 is 11.6 Å². The molecule has 0 saturated carbocycles. The van der Waals surface area contributed by atoms with Gasteiger partial charge in [0.05, 0.1) is 16.6 Å². The van der Waals surface area contributed by atoms with Crippen molar-refractivity contribution >= 4 is 22.5 Å². The SMILES string of the molecule is FC(F)(F)c1ccc(COc2c3cnc4c(c3nn2-c2ccc(Cl)cc2)CCCC4)cc1. The van der Waals surface area contributed by atoms with Crippen molar-refractivity contribution < 1.29 is 17.9 Å².